The number of rotatable bonds is 6. The molecule has 1 N–H and O–H groups in total. The largest absolute Gasteiger partial charge is 0.504 e. The van der Waals surface area contributed by atoms with Gasteiger partial charge in [-0.1, -0.05) is 12.1 Å². The first-order valence-corrected chi connectivity index (χ1v) is 9.00. The van der Waals surface area contributed by atoms with E-state index < -0.39 is 0 Å². The van der Waals surface area contributed by atoms with E-state index in [1.54, 1.807) is 45.2 Å². The van der Waals surface area contributed by atoms with Crippen molar-refractivity contribution in [2.24, 2.45) is 0 Å². The predicted octanol–water partition coefficient (Wildman–Crippen LogP) is 3.75. The molecule has 0 spiro atoms. The van der Waals surface area contributed by atoms with Crippen molar-refractivity contribution in [2.45, 2.75) is 13.3 Å². The SMILES string of the molecule is COc1cc2c(ccc3c(CCN(C)C(C)=O)cc(OC)c(OC)c32)cc1O. The molecule has 6 heteroatoms. The van der Waals surface area contributed by atoms with E-state index in [4.69, 9.17) is 14.2 Å². The summed E-state index contributed by atoms with van der Waals surface area (Å²) >= 11 is 0. The molecule has 0 radical (unpaired) electrons. The van der Waals surface area contributed by atoms with Gasteiger partial charge in [0.1, 0.15) is 0 Å². The molecule has 0 aliphatic heterocycles. The number of hydrogen-bond acceptors (Lipinski definition) is 5. The van der Waals surface area contributed by atoms with Gasteiger partial charge in [0.2, 0.25) is 5.91 Å². The lowest BCUT2D eigenvalue weighted by atomic mass is 9.95. The normalized spacial score (nSPS) is 10.9. The van der Waals surface area contributed by atoms with Crippen molar-refractivity contribution in [1.82, 2.24) is 4.90 Å². The van der Waals surface area contributed by atoms with Crippen LogP contribution in [0.25, 0.3) is 21.5 Å². The summed E-state index contributed by atoms with van der Waals surface area (Å²) in [4.78, 5) is 13.3. The van der Waals surface area contributed by atoms with E-state index in [9.17, 15) is 9.90 Å². The fraction of sp³-hybridized carbons (Fsp3) is 0.318. The molecular weight excluding hydrogens is 358 g/mol. The lowest BCUT2D eigenvalue weighted by Gasteiger charge is -2.19. The third-order valence-electron chi connectivity index (χ3n) is 5.10. The number of nitrogens with zero attached hydrogens (tertiary/aromatic N) is 1. The Kier molecular flexibility index (Phi) is 5.49. The number of ether oxygens (including phenoxy) is 3. The van der Waals surface area contributed by atoms with Crippen molar-refractivity contribution in [2.75, 3.05) is 34.9 Å². The van der Waals surface area contributed by atoms with E-state index in [0.29, 0.717) is 30.2 Å². The molecular formula is C22H25NO5. The zero-order chi connectivity index (χ0) is 20.4. The lowest BCUT2D eigenvalue weighted by molar-refractivity contribution is -0.127. The lowest BCUT2D eigenvalue weighted by Crippen LogP contribution is -2.26. The molecule has 6 nitrogen and oxygen atoms in total. The second-order valence-electron chi connectivity index (χ2n) is 6.70. The van der Waals surface area contributed by atoms with Crippen LogP contribution in [0.5, 0.6) is 23.0 Å². The Bertz CT molecular complexity index is 1040. The number of carbonyl (C=O) groups is 1. The minimum Gasteiger partial charge on any atom is -0.504 e. The summed E-state index contributed by atoms with van der Waals surface area (Å²) in [5, 5.41) is 13.8. The minimum absolute atomic E-state index is 0.0236. The highest BCUT2D eigenvalue weighted by molar-refractivity contribution is 6.13. The van der Waals surface area contributed by atoms with Gasteiger partial charge in [-0.25, -0.2) is 0 Å². The Morgan fingerprint density at radius 1 is 1.00 bits per heavy atom. The molecule has 28 heavy (non-hydrogen) atoms. The zero-order valence-corrected chi connectivity index (χ0v) is 16.8. The molecule has 1 amide bonds. The van der Waals surface area contributed by atoms with E-state index in [2.05, 4.69) is 0 Å². The van der Waals surface area contributed by atoms with Gasteiger partial charge in [-0.3, -0.25) is 4.79 Å². The number of fused-ring (bicyclic) bond motifs is 3. The molecule has 0 heterocycles. The number of amides is 1. The third-order valence-corrected chi connectivity index (χ3v) is 5.10. The highest BCUT2D eigenvalue weighted by atomic mass is 16.5. The van der Waals surface area contributed by atoms with Gasteiger partial charge in [-0.05, 0) is 46.3 Å². The Hall–Kier alpha value is -3.15. The average molecular weight is 383 g/mol. The number of likely N-dealkylation sites (N-methyl/N-ethyl adjacent to an activating group) is 1. The van der Waals surface area contributed by atoms with Gasteiger partial charge in [-0.2, -0.15) is 0 Å². The number of aromatic hydroxyl groups is 1. The monoisotopic (exact) mass is 383 g/mol. The first-order valence-electron chi connectivity index (χ1n) is 9.00. The number of methoxy groups -OCH3 is 3. The highest BCUT2D eigenvalue weighted by Gasteiger charge is 2.18. The van der Waals surface area contributed by atoms with Crippen molar-refractivity contribution < 1.29 is 24.1 Å². The zero-order valence-electron chi connectivity index (χ0n) is 16.8. The van der Waals surface area contributed by atoms with Crippen LogP contribution in [-0.2, 0) is 11.2 Å². The van der Waals surface area contributed by atoms with Gasteiger partial charge in [0.25, 0.3) is 0 Å². The van der Waals surface area contributed by atoms with Crippen molar-refractivity contribution in [1.29, 1.82) is 0 Å². The Labute approximate surface area is 164 Å². The van der Waals surface area contributed by atoms with Crippen LogP contribution in [-0.4, -0.2) is 50.8 Å². The summed E-state index contributed by atoms with van der Waals surface area (Å²) in [5.74, 6) is 1.74. The molecule has 0 atom stereocenters. The predicted molar refractivity (Wildman–Crippen MR) is 110 cm³/mol. The Morgan fingerprint density at radius 3 is 2.32 bits per heavy atom. The molecule has 3 aromatic carbocycles. The van der Waals surface area contributed by atoms with E-state index in [0.717, 1.165) is 27.1 Å². The summed E-state index contributed by atoms with van der Waals surface area (Å²) in [5.41, 5.74) is 1.05. The maximum absolute atomic E-state index is 11.6. The van der Waals surface area contributed by atoms with Crippen LogP contribution in [0.2, 0.25) is 0 Å². The van der Waals surface area contributed by atoms with E-state index >= 15 is 0 Å². The van der Waals surface area contributed by atoms with Gasteiger partial charge in [0.05, 0.1) is 21.3 Å². The molecule has 0 aromatic heterocycles. The summed E-state index contributed by atoms with van der Waals surface area (Å²) in [7, 11) is 6.52. The van der Waals surface area contributed by atoms with E-state index in [1.807, 2.05) is 18.2 Å². The number of benzene rings is 3. The Morgan fingerprint density at radius 2 is 1.71 bits per heavy atom. The standard InChI is InChI=1S/C22H25NO5/c1-13(24)23(2)9-8-15-11-20(27-4)22(28-5)21-16(15)7-6-14-10-18(25)19(26-3)12-17(14)21/h6-7,10-12,25H,8-9H2,1-5H3. The molecule has 148 valence electrons. The maximum Gasteiger partial charge on any atom is 0.219 e. The van der Waals surface area contributed by atoms with Crippen LogP contribution in [0.3, 0.4) is 0 Å². The van der Waals surface area contributed by atoms with Crippen LogP contribution in [0.1, 0.15) is 12.5 Å². The Balaban J connectivity index is 2.31. The second-order valence-corrected chi connectivity index (χ2v) is 6.70. The number of hydrogen-bond donors (Lipinski definition) is 1. The van der Waals surface area contributed by atoms with Crippen molar-refractivity contribution in [3.63, 3.8) is 0 Å². The molecule has 0 fully saturated rings. The van der Waals surface area contributed by atoms with E-state index in [-0.39, 0.29) is 11.7 Å². The first-order chi connectivity index (χ1) is 13.4. The topological polar surface area (TPSA) is 68.2 Å². The number of phenolic OH excluding ortho intramolecular Hbond substituents is 1. The molecule has 0 saturated carbocycles. The third kappa shape index (κ3) is 3.38. The maximum atomic E-state index is 11.6. The van der Waals surface area contributed by atoms with Gasteiger partial charge in [0, 0.05) is 25.9 Å². The summed E-state index contributed by atoms with van der Waals surface area (Å²) in [6.07, 6.45) is 0.674. The van der Waals surface area contributed by atoms with Crippen molar-refractivity contribution in [3.05, 3.63) is 35.9 Å². The fourth-order valence-electron chi connectivity index (χ4n) is 3.45. The molecule has 3 rings (SSSR count). The van der Waals surface area contributed by atoms with Gasteiger partial charge < -0.3 is 24.2 Å². The van der Waals surface area contributed by atoms with Crippen molar-refractivity contribution in [3.8, 4) is 23.0 Å². The van der Waals surface area contributed by atoms with Crippen LogP contribution in [0.4, 0.5) is 0 Å². The quantitative estimate of drug-likeness (QED) is 0.657. The number of phenols is 1. The molecule has 0 saturated heterocycles. The van der Waals surface area contributed by atoms with Crippen LogP contribution in [0.15, 0.2) is 30.3 Å². The summed E-state index contributed by atoms with van der Waals surface area (Å²) in [6, 6.07) is 9.41. The summed E-state index contributed by atoms with van der Waals surface area (Å²) < 4.78 is 16.6. The summed E-state index contributed by atoms with van der Waals surface area (Å²) in [6.45, 7) is 2.15. The average Bonchev–Trinajstić information content (AvgIpc) is 2.69. The molecule has 0 aliphatic carbocycles. The smallest absolute Gasteiger partial charge is 0.219 e. The van der Waals surface area contributed by atoms with E-state index in [1.165, 1.54) is 7.11 Å². The molecule has 0 aliphatic rings. The van der Waals surface area contributed by atoms with Gasteiger partial charge in [0.15, 0.2) is 23.0 Å². The fourth-order valence-corrected chi connectivity index (χ4v) is 3.45. The molecule has 3 aromatic rings. The minimum atomic E-state index is 0.0236. The number of carbonyl (C=O) groups excluding carboxylic acids is 1. The molecule has 0 unspecified atom stereocenters. The van der Waals surface area contributed by atoms with Gasteiger partial charge >= 0.3 is 0 Å². The second kappa shape index (κ2) is 7.84. The van der Waals surface area contributed by atoms with Crippen LogP contribution in [0, 0.1) is 0 Å². The van der Waals surface area contributed by atoms with Crippen LogP contribution >= 0.6 is 0 Å². The molecule has 0 bridgehead atoms. The highest BCUT2D eigenvalue weighted by Crippen LogP contribution is 2.44. The van der Waals surface area contributed by atoms with Crippen molar-refractivity contribution >= 4 is 27.5 Å². The van der Waals surface area contributed by atoms with Crippen LogP contribution < -0.4 is 14.2 Å². The van der Waals surface area contributed by atoms with Gasteiger partial charge in [-0.15, -0.1) is 0 Å². The first kappa shape index (κ1) is 19.6.